The van der Waals surface area contributed by atoms with Gasteiger partial charge in [-0.25, -0.2) is 8.42 Å². The highest BCUT2D eigenvalue weighted by Gasteiger charge is 2.36. The molecular weight excluding hydrogens is 356 g/mol. The minimum absolute atomic E-state index is 0.00518. The van der Waals surface area contributed by atoms with E-state index in [0.717, 1.165) is 19.3 Å². The van der Waals surface area contributed by atoms with Gasteiger partial charge in [-0.05, 0) is 44.0 Å². The SMILES string of the molecule is COC(=O)C1CC(=O)N(c2ccc(S(=O)(=O)N3CCCCC3C)cc2)C1. The van der Waals surface area contributed by atoms with Crippen molar-refractivity contribution in [2.75, 3.05) is 25.1 Å². The summed E-state index contributed by atoms with van der Waals surface area (Å²) in [7, 11) is -2.24. The van der Waals surface area contributed by atoms with E-state index >= 15 is 0 Å². The van der Waals surface area contributed by atoms with Crippen molar-refractivity contribution in [2.45, 2.75) is 43.5 Å². The van der Waals surface area contributed by atoms with Gasteiger partial charge in [0.15, 0.2) is 0 Å². The van der Waals surface area contributed by atoms with Crippen LogP contribution in [0.1, 0.15) is 32.6 Å². The molecule has 0 aliphatic carbocycles. The van der Waals surface area contributed by atoms with E-state index in [2.05, 4.69) is 0 Å². The molecule has 0 bridgehead atoms. The van der Waals surface area contributed by atoms with Crippen LogP contribution in [0.25, 0.3) is 0 Å². The monoisotopic (exact) mass is 380 g/mol. The summed E-state index contributed by atoms with van der Waals surface area (Å²) in [5.74, 6) is -1.05. The zero-order valence-corrected chi connectivity index (χ0v) is 15.9. The number of ether oxygens (including phenoxy) is 1. The minimum atomic E-state index is -3.54. The molecule has 7 nitrogen and oxygen atoms in total. The summed E-state index contributed by atoms with van der Waals surface area (Å²) in [5.41, 5.74) is 0.590. The normalized spacial score (nSPS) is 24.7. The van der Waals surface area contributed by atoms with Crippen LogP contribution in [0, 0.1) is 5.92 Å². The Balaban J connectivity index is 1.78. The highest BCUT2D eigenvalue weighted by Crippen LogP contribution is 2.29. The predicted molar refractivity (Wildman–Crippen MR) is 96.1 cm³/mol. The maximum atomic E-state index is 12.9. The van der Waals surface area contributed by atoms with Gasteiger partial charge in [-0.1, -0.05) is 6.42 Å². The van der Waals surface area contributed by atoms with Crippen molar-refractivity contribution in [1.82, 2.24) is 4.31 Å². The van der Waals surface area contributed by atoms with Gasteiger partial charge in [0.05, 0.1) is 17.9 Å². The summed E-state index contributed by atoms with van der Waals surface area (Å²) in [6.45, 7) is 2.72. The number of esters is 1. The molecule has 1 aromatic rings. The lowest BCUT2D eigenvalue weighted by atomic mass is 10.1. The number of benzene rings is 1. The molecule has 0 spiro atoms. The van der Waals surface area contributed by atoms with Crippen LogP contribution in [0.4, 0.5) is 5.69 Å². The van der Waals surface area contributed by atoms with Gasteiger partial charge in [0, 0.05) is 31.2 Å². The molecule has 2 aliphatic heterocycles. The lowest BCUT2D eigenvalue weighted by molar-refractivity contribution is -0.145. The van der Waals surface area contributed by atoms with Gasteiger partial charge < -0.3 is 9.64 Å². The van der Waals surface area contributed by atoms with Gasteiger partial charge in [0.2, 0.25) is 15.9 Å². The Morgan fingerprint density at radius 1 is 1.19 bits per heavy atom. The molecule has 2 aliphatic rings. The molecule has 2 fully saturated rings. The van der Waals surface area contributed by atoms with Crippen molar-refractivity contribution < 1.29 is 22.7 Å². The number of sulfonamides is 1. The number of carbonyl (C=O) groups excluding carboxylic acids is 2. The van der Waals surface area contributed by atoms with E-state index in [1.54, 1.807) is 16.4 Å². The Labute approximate surface area is 154 Å². The lowest BCUT2D eigenvalue weighted by Crippen LogP contribution is -2.41. The Bertz CT molecular complexity index is 790. The van der Waals surface area contributed by atoms with Crippen molar-refractivity contribution >= 4 is 27.6 Å². The van der Waals surface area contributed by atoms with E-state index in [0.29, 0.717) is 12.2 Å². The summed E-state index contributed by atoms with van der Waals surface area (Å²) in [6.07, 6.45) is 2.90. The van der Waals surface area contributed by atoms with Crippen molar-refractivity contribution in [1.29, 1.82) is 0 Å². The molecule has 0 N–H and O–H groups in total. The fourth-order valence-electron chi connectivity index (χ4n) is 3.64. The highest BCUT2D eigenvalue weighted by atomic mass is 32.2. The Morgan fingerprint density at radius 2 is 1.88 bits per heavy atom. The number of hydrogen-bond acceptors (Lipinski definition) is 5. The summed E-state index contributed by atoms with van der Waals surface area (Å²) in [6, 6.07) is 6.31. The first-order valence-corrected chi connectivity index (χ1v) is 10.3. The molecule has 2 atom stereocenters. The second kappa shape index (κ2) is 7.36. The number of carbonyl (C=O) groups is 2. The van der Waals surface area contributed by atoms with Crippen LogP contribution in [-0.4, -0.2) is 50.8 Å². The molecule has 8 heteroatoms. The molecule has 0 aromatic heterocycles. The largest absolute Gasteiger partial charge is 0.469 e. The molecule has 0 radical (unpaired) electrons. The zero-order valence-electron chi connectivity index (χ0n) is 15.1. The van der Waals surface area contributed by atoms with E-state index in [4.69, 9.17) is 4.74 Å². The Kier molecular flexibility index (Phi) is 5.34. The number of methoxy groups -OCH3 is 1. The van der Waals surface area contributed by atoms with Gasteiger partial charge in [-0.2, -0.15) is 4.31 Å². The Morgan fingerprint density at radius 3 is 2.50 bits per heavy atom. The third kappa shape index (κ3) is 3.48. The summed E-state index contributed by atoms with van der Waals surface area (Å²) >= 11 is 0. The van der Waals surface area contributed by atoms with Gasteiger partial charge in [-0.15, -0.1) is 0 Å². The average molecular weight is 380 g/mol. The fraction of sp³-hybridized carbons (Fsp3) is 0.556. The van der Waals surface area contributed by atoms with Crippen LogP contribution in [0.15, 0.2) is 29.2 Å². The van der Waals surface area contributed by atoms with Crippen LogP contribution < -0.4 is 4.90 Å². The smallest absolute Gasteiger partial charge is 0.311 e. The Hall–Kier alpha value is -1.93. The third-order valence-corrected chi connectivity index (χ3v) is 7.18. The van der Waals surface area contributed by atoms with Gasteiger partial charge >= 0.3 is 5.97 Å². The van der Waals surface area contributed by atoms with E-state index < -0.39 is 21.9 Å². The number of rotatable bonds is 4. The molecule has 2 saturated heterocycles. The van der Waals surface area contributed by atoms with Crippen molar-refractivity contribution in [2.24, 2.45) is 5.92 Å². The number of piperidine rings is 1. The lowest BCUT2D eigenvalue weighted by Gasteiger charge is -2.32. The standard InChI is InChI=1S/C18H24N2O5S/c1-13-5-3-4-10-20(13)26(23,24)16-8-6-15(7-9-16)19-12-14(11-17(19)21)18(22)25-2/h6-9,13-14H,3-5,10-12H2,1-2H3. The molecule has 26 heavy (non-hydrogen) atoms. The molecule has 1 aromatic carbocycles. The zero-order chi connectivity index (χ0) is 18.9. The van der Waals surface area contributed by atoms with Crippen LogP contribution in [0.2, 0.25) is 0 Å². The maximum Gasteiger partial charge on any atom is 0.311 e. The van der Waals surface area contributed by atoms with Crippen molar-refractivity contribution in [3.63, 3.8) is 0 Å². The molecule has 142 valence electrons. The van der Waals surface area contributed by atoms with Crippen LogP contribution in [0.5, 0.6) is 0 Å². The topological polar surface area (TPSA) is 84.0 Å². The minimum Gasteiger partial charge on any atom is -0.469 e. The van der Waals surface area contributed by atoms with Crippen molar-refractivity contribution in [3.05, 3.63) is 24.3 Å². The van der Waals surface area contributed by atoms with E-state index in [9.17, 15) is 18.0 Å². The quantitative estimate of drug-likeness (QED) is 0.744. The van der Waals surface area contributed by atoms with Gasteiger partial charge in [0.1, 0.15) is 0 Å². The van der Waals surface area contributed by atoms with E-state index in [1.807, 2.05) is 6.92 Å². The highest BCUT2D eigenvalue weighted by molar-refractivity contribution is 7.89. The second-order valence-corrected chi connectivity index (χ2v) is 8.77. The number of nitrogens with zero attached hydrogens (tertiary/aromatic N) is 2. The molecule has 2 unspecified atom stereocenters. The first kappa shape index (κ1) is 18.8. The molecule has 0 saturated carbocycles. The summed E-state index contributed by atoms with van der Waals surface area (Å²) < 4.78 is 32.0. The van der Waals surface area contributed by atoms with Gasteiger partial charge in [0.25, 0.3) is 0 Å². The van der Waals surface area contributed by atoms with E-state index in [1.165, 1.54) is 24.1 Å². The van der Waals surface area contributed by atoms with Crippen LogP contribution >= 0.6 is 0 Å². The predicted octanol–water partition coefficient (Wildman–Crippen LogP) is 1.78. The molecule has 1 amide bonds. The second-order valence-electron chi connectivity index (χ2n) is 6.88. The first-order valence-electron chi connectivity index (χ1n) is 8.84. The first-order chi connectivity index (χ1) is 12.3. The molecule has 2 heterocycles. The third-order valence-electron chi connectivity index (χ3n) is 5.16. The number of hydrogen-bond donors (Lipinski definition) is 0. The summed E-state index contributed by atoms with van der Waals surface area (Å²) in [5, 5.41) is 0. The van der Waals surface area contributed by atoms with Crippen LogP contribution in [-0.2, 0) is 24.3 Å². The van der Waals surface area contributed by atoms with E-state index in [-0.39, 0.29) is 29.8 Å². The molecular formula is C18H24N2O5S. The maximum absolute atomic E-state index is 12.9. The summed E-state index contributed by atoms with van der Waals surface area (Å²) in [4.78, 5) is 25.5. The number of anilines is 1. The average Bonchev–Trinajstić information content (AvgIpc) is 3.03. The molecule has 3 rings (SSSR count). The van der Waals surface area contributed by atoms with Gasteiger partial charge in [-0.3, -0.25) is 9.59 Å². The fourth-order valence-corrected chi connectivity index (χ4v) is 5.34. The number of amides is 1. The van der Waals surface area contributed by atoms with Crippen molar-refractivity contribution in [3.8, 4) is 0 Å². The van der Waals surface area contributed by atoms with Crippen LogP contribution in [0.3, 0.4) is 0 Å².